The van der Waals surface area contributed by atoms with Gasteiger partial charge in [-0.1, -0.05) is 12.1 Å². The summed E-state index contributed by atoms with van der Waals surface area (Å²) in [7, 11) is 1.41. The summed E-state index contributed by atoms with van der Waals surface area (Å²) in [5.74, 6) is -0.908. The van der Waals surface area contributed by atoms with Crippen LogP contribution in [-0.2, 0) is 11.3 Å². The number of aromatic hydroxyl groups is 1. The number of esters is 1. The fourth-order valence-corrected chi connectivity index (χ4v) is 2.43. The molecule has 3 aromatic rings. The molecule has 0 aliphatic heterocycles. The molecule has 0 atom stereocenters. The molecular formula is C17H14F2N2O4. The van der Waals surface area contributed by atoms with Crippen LogP contribution >= 0.6 is 0 Å². The summed E-state index contributed by atoms with van der Waals surface area (Å²) in [6.07, 6.45) is 0. The van der Waals surface area contributed by atoms with E-state index in [0.29, 0.717) is 15.8 Å². The lowest BCUT2D eigenvalue weighted by Gasteiger charge is -2.10. The standard InChI is InChI=1S/C17H14F2N2O4/c1-24-10-6-7-14(22)11(8-10)16(23)25-9-15-20-12-4-2-3-5-13(12)21(15)17(18)19/h2-8,17,22H,9H2,1H3. The van der Waals surface area contributed by atoms with E-state index in [4.69, 9.17) is 9.47 Å². The number of hydrogen-bond donors (Lipinski definition) is 1. The van der Waals surface area contributed by atoms with Gasteiger partial charge in [0.1, 0.15) is 23.7 Å². The van der Waals surface area contributed by atoms with Crippen LogP contribution in [0.15, 0.2) is 42.5 Å². The SMILES string of the molecule is COc1ccc(O)c(C(=O)OCc2nc3ccccc3n2C(F)F)c1. The molecule has 0 aliphatic carbocycles. The lowest BCUT2D eigenvalue weighted by atomic mass is 10.2. The minimum atomic E-state index is -2.83. The van der Waals surface area contributed by atoms with Crippen LogP contribution in [0.25, 0.3) is 11.0 Å². The van der Waals surface area contributed by atoms with Gasteiger partial charge in [-0.05, 0) is 30.3 Å². The van der Waals surface area contributed by atoms with Crippen molar-refractivity contribution < 1.29 is 28.2 Å². The molecule has 1 heterocycles. The van der Waals surface area contributed by atoms with Crippen molar-refractivity contribution in [1.29, 1.82) is 0 Å². The molecule has 0 bridgehead atoms. The number of phenolic OH excluding ortho intramolecular Hbond substituents is 1. The summed E-state index contributed by atoms with van der Waals surface area (Å²) < 4.78 is 37.4. The van der Waals surface area contributed by atoms with Crippen molar-refractivity contribution in [2.45, 2.75) is 13.2 Å². The maximum absolute atomic E-state index is 13.3. The molecule has 2 aromatic carbocycles. The Hall–Kier alpha value is -3.16. The minimum absolute atomic E-state index is 0.0908. The highest BCUT2D eigenvalue weighted by Crippen LogP contribution is 2.26. The van der Waals surface area contributed by atoms with Crippen LogP contribution in [0, 0.1) is 0 Å². The fraction of sp³-hybridized carbons (Fsp3) is 0.176. The van der Waals surface area contributed by atoms with Crippen LogP contribution in [0.2, 0.25) is 0 Å². The summed E-state index contributed by atoms with van der Waals surface area (Å²) in [5.41, 5.74) is 0.491. The van der Waals surface area contributed by atoms with Gasteiger partial charge < -0.3 is 14.6 Å². The second-order valence-electron chi connectivity index (χ2n) is 5.12. The van der Waals surface area contributed by atoms with Crippen molar-refractivity contribution in [3.05, 3.63) is 53.9 Å². The molecule has 130 valence electrons. The van der Waals surface area contributed by atoms with Gasteiger partial charge in [-0.25, -0.2) is 9.78 Å². The predicted octanol–water partition coefficient (Wildman–Crippen LogP) is 3.50. The van der Waals surface area contributed by atoms with Crippen LogP contribution in [0.5, 0.6) is 11.5 Å². The number of fused-ring (bicyclic) bond motifs is 1. The van der Waals surface area contributed by atoms with Crippen molar-refractivity contribution in [2.24, 2.45) is 0 Å². The first-order chi connectivity index (χ1) is 12.0. The summed E-state index contributed by atoms with van der Waals surface area (Å²) in [6.45, 7) is -3.29. The summed E-state index contributed by atoms with van der Waals surface area (Å²) in [5, 5.41) is 9.76. The number of alkyl halides is 2. The van der Waals surface area contributed by atoms with Crippen LogP contribution in [0.1, 0.15) is 22.7 Å². The van der Waals surface area contributed by atoms with Crippen LogP contribution < -0.4 is 4.74 Å². The Morgan fingerprint density at radius 3 is 2.76 bits per heavy atom. The Kier molecular flexibility index (Phi) is 4.51. The lowest BCUT2D eigenvalue weighted by molar-refractivity contribution is 0.0384. The number of methoxy groups -OCH3 is 1. The van der Waals surface area contributed by atoms with E-state index in [2.05, 4.69) is 4.98 Å². The smallest absolute Gasteiger partial charge is 0.342 e. The molecule has 3 rings (SSSR count). The number of benzene rings is 2. The van der Waals surface area contributed by atoms with E-state index in [0.717, 1.165) is 0 Å². The summed E-state index contributed by atoms with van der Waals surface area (Å²) in [4.78, 5) is 16.2. The number of para-hydroxylation sites is 2. The van der Waals surface area contributed by atoms with E-state index in [1.807, 2.05) is 0 Å². The van der Waals surface area contributed by atoms with E-state index >= 15 is 0 Å². The van der Waals surface area contributed by atoms with Gasteiger partial charge in [0.05, 0.1) is 18.1 Å². The highest BCUT2D eigenvalue weighted by atomic mass is 19.3. The second kappa shape index (κ2) is 6.76. The Morgan fingerprint density at radius 2 is 2.04 bits per heavy atom. The number of rotatable bonds is 5. The number of hydrogen-bond acceptors (Lipinski definition) is 5. The van der Waals surface area contributed by atoms with Crippen molar-refractivity contribution in [3.63, 3.8) is 0 Å². The topological polar surface area (TPSA) is 73.6 Å². The van der Waals surface area contributed by atoms with Crippen molar-refractivity contribution in [2.75, 3.05) is 7.11 Å². The molecule has 0 aliphatic rings. The lowest BCUT2D eigenvalue weighted by Crippen LogP contribution is -2.11. The highest BCUT2D eigenvalue weighted by Gasteiger charge is 2.20. The monoisotopic (exact) mass is 348 g/mol. The Balaban J connectivity index is 1.85. The molecule has 0 spiro atoms. The number of carbonyl (C=O) groups excluding carboxylic acids is 1. The quantitative estimate of drug-likeness (QED) is 0.715. The van der Waals surface area contributed by atoms with Crippen LogP contribution in [-0.4, -0.2) is 27.7 Å². The van der Waals surface area contributed by atoms with Gasteiger partial charge in [0.2, 0.25) is 0 Å². The van der Waals surface area contributed by atoms with Crippen LogP contribution in [0.4, 0.5) is 8.78 Å². The zero-order valence-electron chi connectivity index (χ0n) is 13.1. The first-order valence-electron chi connectivity index (χ1n) is 7.29. The number of nitrogens with zero attached hydrogens (tertiary/aromatic N) is 2. The van der Waals surface area contributed by atoms with Gasteiger partial charge >= 0.3 is 12.5 Å². The zero-order valence-corrected chi connectivity index (χ0v) is 13.1. The molecule has 0 saturated heterocycles. The maximum atomic E-state index is 13.3. The first-order valence-corrected chi connectivity index (χ1v) is 7.29. The molecule has 1 aromatic heterocycles. The summed E-state index contributed by atoms with van der Waals surface area (Å²) >= 11 is 0. The molecule has 0 fully saturated rings. The number of imidazole rings is 1. The molecule has 6 nitrogen and oxygen atoms in total. The maximum Gasteiger partial charge on any atom is 0.342 e. The Morgan fingerprint density at radius 1 is 1.28 bits per heavy atom. The van der Waals surface area contributed by atoms with E-state index < -0.39 is 19.1 Å². The molecular weight excluding hydrogens is 334 g/mol. The van der Waals surface area contributed by atoms with Gasteiger partial charge in [-0.15, -0.1) is 0 Å². The van der Waals surface area contributed by atoms with Gasteiger partial charge in [0.25, 0.3) is 0 Å². The molecule has 1 N–H and O–H groups in total. The van der Waals surface area contributed by atoms with Crippen molar-refractivity contribution in [1.82, 2.24) is 9.55 Å². The van der Waals surface area contributed by atoms with Crippen molar-refractivity contribution >= 4 is 17.0 Å². The highest BCUT2D eigenvalue weighted by molar-refractivity contribution is 5.92. The number of carbonyl (C=O) groups is 1. The third kappa shape index (κ3) is 3.23. The number of halogens is 2. The average molecular weight is 348 g/mol. The van der Waals surface area contributed by atoms with Crippen molar-refractivity contribution in [3.8, 4) is 11.5 Å². The molecule has 8 heteroatoms. The van der Waals surface area contributed by atoms with Crippen LogP contribution in [0.3, 0.4) is 0 Å². The van der Waals surface area contributed by atoms with Gasteiger partial charge in [0, 0.05) is 0 Å². The second-order valence-corrected chi connectivity index (χ2v) is 5.12. The number of phenols is 1. The molecule has 0 radical (unpaired) electrons. The van der Waals surface area contributed by atoms with E-state index in [9.17, 15) is 18.7 Å². The van der Waals surface area contributed by atoms with E-state index in [-0.39, 0.29) is 22.7 Å². The first kappa shape index (κ1) is 16.7. The minimum Gasteiger partial charge on any atom is -0.507 e. The van der Waals surface area contributed by atoms with E-state index in [1.54, 1.807) is 18.2 Å². The molecule has 0 amide bonds. The third-order valence-electron chi connectivity index (χ3n) is 3.62. The number of aromatic nitrogens is 2. The number of ether oxygens (including phenoxy) is 2. The largest absolute Gasteiger partial charge is 0.507 e. The normalized spacial score (nSPS) is 11.0. The third-order valence-corrected chi connectivity index (χ3v) is 3.62. The zero-order chi connectivity index (χ0) is 18.0. The van der Waals surface area contributed by atoms with E-state index in [1.165, 1.54) is 31.4 Å². The Bertz CT molecular complexity index is 924. The van der Waals surface area contributed by atoms with Gasteiger partial charge in [-0.3, -0.25) is 4.57 Å². The molecule has 25 heavy (non-hydrogen) atoms. The van der Waals surface area contributed by atoms with Gasteiger partial charge in [-0.2, -0.15) is 8.78 Å². The van der Waals surface area contributed by atoms with Gasteiger partial charge in [0.15, 0.2) is 5.82 Å². The predicted molar refractivity (Wildman–Crippen MR) is 84.8 cm³/mol. The average Bonchev–Trinajstić information content (AvgIpc) is 2.98. The Labute approximate surface area is 141 Å². The molecule has 0 saturated carbocycles. The summed E-state index contributed by atoms with van der Waals surface area (Å²) in [6, 6.07) is 10.4. The fourth-order valence-electron chi connectivity index (χ4n) is 2.43. The molecule has 0 unspecified atom stereocenters.